The van der Waals surface area contributed by atoms with Crippen LogP contribution in [0.4, 0.5) is 0 Å². The lowest BCUT2D eigenvalue weighted by Crippen LogP contribution is -2.39. The van der Waals surface area contributed by atoms with Gasteiger partial charge in [-0.2, -0.15) is 0 Å². The smallest absolute Gasteiger partial charge is 0.305 e. The van der Waals surface area contributed by atoms with E-state index in [0.717, 1.165) is 6.42 Å². The highest BCUT2D eigenvalue weighted by molar-refractivity contribution is 5.69. The summed E-state index contributed by atoms with van der Waals surface area (Å²) in [5.41, 5.74) is -0.814. The quantitative estimate of drug-likeness (QED) is 0.687. The summed E-state index contributed by atoms with van der Waals surface area (Å²) in [6, 6.07) is 0. The maximum atomic E-state index is 11.1. The molecule has 4 nitrogen and oxygen atoms in total. The van der Waals surface area contributed by atoms with Crippen LogP contribution in [0.3, 0.4) is 0 Å². The molecule has 0 aromatic heterocycles. The average molecular weight is 202 g/mol. The molecule has 1 atom stereocenters. The highest BCUT2D eigenvalue weighted by Gasteiger charge is 2.30. The molecule has 1 N–H and O–H groups in total. The van der Waals surface area contributed by atoms with Crippen LogP contribution >= 0.6 is 0 Å². The van der Waals surface area contributed by atoms with Crippen molar-refractivity contribution in [2.45, 2.75) is 38.2 Å². The third-order valence-corrected chi connectivity index (χ3v) is 2.40. The monoisotopic (exact) mass is 202 g/mol. The molecule has 0 aliphatic carbocycles. The Balaban J connectivity index is 2.24. The summed E-state index contributed by atoms with van der Waals surface area (Å²) in [5.74, 6) is -0.244. The van der Waals surface area contributed by atoms with Crippen LogP contribution in [0.5, 0.6) is 0 Å². The van der Waals surface area contributed by atoms with E-state index in [9.17, 15) is 9.90 Å². The van der Waals surface area contributed by atoms with E-state index in [4.69, 9.17) is 9.47 Å². The molecule has 0 aromatic rings. The predicted octanol–water partition coefficient (Wildman–Crippen LogP) is 0.871. The van der Waals surface area contributed by atoms with Gasteiger partial charge in [0.2, 0.25) is 0 Å². The van der Waals surface area contributed by atoms with Gasteiger partial charge in [0.05, 0.1) is 18.8 Å². The van der Waals surface area contributed by atoms with Crippen LogP contribution in [-0.4, -0.2) is 36.5 Å². The molecule has 1 aliphatic rings. The van der Waals surface area contributed by atoms with Crippen molar-refractivity contribution in [1.29, 1.82) is 0 Å². The minimum absolute atomic E-state index is 0.244. The average Bonchev–Trinajstić information content (AvgIpc) is 2.17. The minimum Gasteiger partial charge on any atom is -0.466 e. The summed E-state index contributed by atoms with van der Waals surface area (Å²) < 4.78 is 9.96. The molecule has 1 rings (SSSR count). The number of hydrogen-bond donors (Lipinski definition) is 1. The van der Waals surface area contributed by atoms with Crippen molar-refractivity contribution in [3.05, 3.63) is 0 Å². The van der Waals surface area contributed by atoms with Crippen molar-refractivity contribution in [3.8, 4) is 0 Å². The zero-order valence-corrected chi connectivity index (χ0v) is 8.62. The molecule has 1 fully saturated rings. The zero-order valence-electron chi connectivity index (χ0n) is 8.62. The van der Waals surface area contributed by atoms with Crippen LogP contribution in [0, 0.1) is 0 Å². The fourth-order valence-corrected chi connectivity index (χ4v) is 1.60. The standard InChI is InChI=1S/C10H18O4/c1-2-14-9(11)4-6-10(12)5-3-7-13-8-10/h12H,2-8H2,1H3. The van der Waals surface area contributed by atoms with Crippen molar-refractivity contribution in [1.82, 2.24) is 0 Å². The third-order valence-electron chi connectivity index (χ3n) is 2.40. The van der Waals surface area contributed by atoms with Gasteiger partial charge in [-0.1, -0.05) is 0 Å². The van der Waals surface area contributed by atoms with E-state index in [1.807, 2.05) is 0 Å². The molecule has 0 bridgehead atoms. The first-order valence-electron chi connectivity index (χ1n) is 5.12. The lowest BCUT2D eigenvalue weighted by Gasteiger charge is -2.31. The number of carbonyl (C=O) groups is 1. The van der Waals surface area contributed by atoms with Gasteiger partial charge in [0.15, 0.2) is 0 Å². The molecule has 1 saturated heterocycles. The second-order valence-corrected chi connectivity index (χ2v) is 3.69. The van der Waals surface area contributed by atoms with Gasteiger partial charge >= 0.3 is 5.97 Å². The van der Waals surface area contributed by atoms with Crippen LogP contribution < -0.4 is 0 Å². The Labute approximate surface area is 84.2 Å². The maximum Gasteiger partial charge on any atom is 0.305 e. The Morgan fingerprint density at radius 1 is 1.64 bits per heavy atom. The second kappa shape index (κ2) is 5.32. The normalized spacial score (nSPS) is 27.3. The Bertz CT molecular complexity index is 185. The topological polar surface area (TPSA) is 55.8 Å². The van der Waals surface area contributed by atoms with Crippen molar-refractivity contribution in [2.75, 3.05) is 19.8 Å². The number of carbonyl (C=O) groups excluding carboxylic acids is 1. The maximum absolute atomic E-state index is 11.1. The molecule has 82 valence electrons. The predicted molar refractivity (Wildman–Crippen MR) is 50.9 cm³/mol. The van der Waals surface area contributed by atoms with Crippen molar-refractivity contribution in [2.24, 2.45) is 0 Å². The molecule has 0 radical (unpaired) electrons. The zero-order chi connectivity index (χ0) is 10.4. The Kier molecular flexibility index (Phi) is 4.35. The van der Waals surface area contributed by atoms with Gasteiger partial charge in [-0.05, 0) is 26.2 Å². The van der Waals surface area contributed by atoms with Gasteiger partial charge in [-0.25, -0.2) is 0 Å². The van der Waals surface area contributed by atoms with Crippen molar-refractivity contribution >= 4 is 5.97 Å². The second-order valence-electron chi connectivity index (χ2n) is 3.69. The molecular formula is C10H18O4. The van der Waals surface area contributed by atoms with Gasteiger partial charge in [-0.15, -0.1) is 0 Å². The van der Waals surface area contributed by atoms with E-state index < -0.39 is 5.60 Å². The van der Waals surface area contributed by atoms with E-state index >= 15 is 0 Å². The molecule has 0 spiro atoms. The Hall–Kier alpha value is -0.610. The number of hydrogen-bond acceptors (Lipinski definition) is 4. The lowest BCUT2D eigenvalue weighted by atomic mass is 9.91. The highest BCUT2D eigenvalue weighted by Crippen LogP contribution is 2.24. The fourth-order valence-electron chi connectivity index (χ4n) is 1.60. The van der Waals surface area contributed by atoms with Gasteiger partial charge in [-0.3, -0.25) is 4.79 Å². The first kappa shape index (κ1) is 11.5. The van der Waals surface area contributed by atoms with Crippen LogP contribution in [0.25, 0.3) is 0 Å². The van der Waals surface area contributed by atoms with E-state index in [1.165, 1.54) is 0 Å². The number of aliphatic hydroxyl groups is 1. The van der Waals surface area contributed by atoms with E-state index in [1.54, 1.807) is 6.92 Å². The summed E-state index contributed by atoms with van der Waals surface area (Å²) in [7, 11) is 0. The van der Waals surface area contributed by atoms with Crippen LogP contribution in [-0.2, 0) is 14.3 Å². The summed E-state index contributed by atoms with van der Waals surface area (Å²) >= 11 is 0. The largest absolute Gasteiger partial charge is 0.466 e. The first-order chi connectivity index (χ1) is 6.66. The number of ether oxygens (including phenoxy) is 2. The van der Waals surface area contributed by atoms with E-state index in [0.29, 0.717) is 32.7 Å². The molecule has 4 heteroatoms. The Morgan fingerprint density at radius 2 is 2.43 bits per heavy atom. The molecule has 1 unspecified atom stereocenters. The van der Waals surface area contributed by atoms with Gasteiger partial charge in [0.1, 0.15) is 0 Å². The SMILES string of the molecule is CCOC(=O)CCC1(O)CCCOC1. The molecular weight excluding hydrogens is 184 g/mol. The minimum atomic E-state index is -0.814. The Morgan fingerprint density at radius 3 is 3.00 bits per heavy atom. The molecule has 14 heavy (non-hydrogen) atoms. The number of esters is 1. The third kappa shape index (κ3) is 3.64. The van der Waals surface area contributed by atoms with Crippen molar-refractivity contribution in [3.63, 3.8) is 0 Å². The summed E-state index contributed by atoms with van der Waals surface area (Å²) in [6.45, 7) is 3.22. The van der Waals surface area contributed by atoms with E-state index in [-0.39, 0.29) is 12.4 Å². The van der Waals surface area contributed by atoms with Crippen LogP contribution in [0.1, 0.15) is 32.6 Å². The van der Waals surface area contributed by atoms with Crippen molar-refractivity contribution < 1.29 is 19.4 Å². The fraction of sp³-hybridized carbons (Fsp3) is 0.900. The van der Waals surface area contributed by atoms with E-state index in [2.05, 4.69) is 0 Å². The molecule has 0 saturated carbocycles. The number of rotatable bonds is 4. The highest BCUT2D eigenvalue weighted by atomic mass is 16.5. The van der Waals surface area contributed by atoms with Gasteiger partial charge in [0, 0.05) is 13.0 Å². The molecule has 0 aromatic carbocycles. The molecule has 0 amide bonds. The van der Waals surface area contributed by atoms with Crippen LogP contribution in [0.15, 0.2) is 0 Å². The van der Waals surface area contributed by atoms with Crippen LogP contribution in [0.2, 0.25) is 0 Å². The summed E-state index contributed by atoms with van der Waals surface area (Å²) in [5, 5.41) is 9.96. The van der Waals surface area contributed by atoms with Gasteiger partial charge < -0.3 is 14.6 Å². The molecule has 1 heterocycles. The molecule has 1 aliphatic heterocycles. The summed E-state index contributed by atoms with van der Waals surface area (Å²) in [6.07, 6.45) is 2.28. The first-order valence-corrected chi connectivity index (χ1v) is 5.12. The summed E-state index contributed by atoms with van der Waals surface area (Å²) in [4.78, 5) is 11.1. The van der Waals surface area contributed by atoms with Gasteiger partial charge in [0.25, 0.3) is 0 Å². The lowest BCUT2D eigenvalue weighted by molar-refractivity contribution is -0.146.